The summed E-state index contributed by atoms with van der Waals surface area (Å²) in [5.41, 5.74) is 7.17. The van der Waals surface area contributed by atoms with E-state index in [4.69, 9.17) is 10.5 Å². The molecule has 0 spiro atoms. The molecule has 0 unspecified atom stereocenters. The van der Waals surface area contributed by atoms with Crippen molar-refractivity contribution in [2.24, 2.45) is 5.73 Å². The first kappa shape index (κ1) is 14.9. The molecular formula is C14H23FN2O. The largest absolute Gasteiger partial charge is 0.380 e. The highest BCUT2D eigenvalue weighted by molar-refractivity contribution is 5.49. The quantitative estimate of drug-likeness (QED) is 0.760. The number of hydrogen-bond donors (Lipinski definition) is 1. The van der Waals surface area contributed by atoms with E-state index in [1.807, 2.05) is 31.7 Å². The standard InChI is InChI=1S/C14H23FN2O/c1-4-17(8-9-18-5-2)14-7-6-12(11(3)16)10-13(14)15/h6-7,10-11H,4-5,8-9,16H2,1-3H3/t11-/m1/s1. The summed E-state index contributed by atoms with van der Waals surface area (Å²) in [5.74, 6) is -0.219. The Balaban J connectivity index is 2.79. The molecule has 1 aromatic carbocycles. The average Bonchev–Trinajstić information content (AvgIpc) is 2.35. The van der Waals surface area contributed by atoms with Gasteiger partial charge < -0.3 is 15.4 Å². The SMILES string of the molecule is CCOCCN(CC)c1ccc([C@@H](C)N)cc1F. The summed E-state index contributed by atoms with van der Waals surface area (Å²) in [6.07, 6.45) is 0. The van der Waals surface area contributed by atoms with Gasteiger partial charge in [-0.15, -0.1) is 0 Å². The molecule has 0 bridgehead atoms. The highest BCUT2D eigenvalue weighted by Crippen LogP contribution is 2.22. The zero-order valence-electron chi connectivity index (χ0n) is 11.4. The van der Waals surface area contributed by atoms with Crippen molar-refractivity contribution in [3.05, 3.63) is 29.6 Å². The van der Waals surface area contributed by atoms with Crippen LogP contribution >= 0.6 is 0 Å². The van der Waals surface area contributed by atoms with E-state index in [1.165, 1.54) is 6.07 Å². The monoisotopic (exact) mass is 254 g/mol. The molecule has 1 atom stereocenters. The summed E-state index contributed by atoms with van der Waals surface area (Å²) >= 11 is 0. The van der Waals surface area contributed by atoms with Crippen molar-refractivity contribution in [3.63, 3.8) is 0 Å². The molecule has 4 heteroatoms. The Bertz CT molecular complexity index is 369. The molecule has 0 radical (unpaired) electrons. The Hall–Kier alpha value is -1.13. The number of nitrogens with two attached hydrogens (primary N) is 1. The van der Waals surface area contributed by atoms with Gasteiger partial charge in [0.25, 0.3) is 0 Å². The molecule has 3 nitrogen and oxygen atoms in total. The molecule has 1 rings (SSSR count). The molecule has 0 aliphatic heterocycles. The molecule has 0 saturated carbocycles. The molecule has 0 saturated heterocycles. The van der Waals surface area contributed by atoms with E-state index >= 15 is 0 Å². The number of benzene rings is 1. The normalized spacial score (nSPS) is 12.5. The fraction of sp³-hybridized carbons (Fsp3) is 0.571. The molecule has 0 aliphatic rings. The van der Waals surface area contributed by atoms with Crippen molar-refractivity contribution < 1.29 is 9.13 Å². The van der Waals surface area contributed by atoms with Gasteiger partial charge in [-0.05, 0) is 38.5 Å². The van der Waals surface area contributed by atoms with Crippen molar-refractivity contribution in [2.45, 2.75) is 26.8 Å². The first-order valence-electron chi connectivity index (χ1n) is 6.47. The first-order valence-corrected chi connectivity index (χ1v) is 6.47. The predicted molar refractivity (Wildman–Crippen MR) is 73.4 cm³/mol. The van der Waals surface area contributed by atoms with Gasteiger partial charge in [0.1, 0.15) is 5.82 Å². The van der Waals surface area contributed by atoms with Gasteiger partial charge in [0, 0.05) is 25.7 Å². The Labute approximate surface area is 109 Å². The molecule has 0 amide bonds. The van der Waals surface area contributed by atoms with Crippen LogP contribution in [0.5, 0.6) is 0 Å². The molecular weight excluding hydrogens is 231 g/mol. The van der Waals surface area contributed by atoms with Gasteiger partial charge in [0.2, 0.25) is 0 Å². The topological polar surface area (TPSA) is 38.5 Å². The third kappa shape index (κ3) is 3.96. The minimum atomic E-state index is -0.219. The number of rotatable bonds is 7. The lowest BCUT2D eigenvalue weighted by Crippen LogP contribution is -2.28. The van der Waals surface area contributed by atoms with Gasteiger partial charge in [-0.1, -0.05) is 6.07 Å². The van der Waals surface area contributed by atoms with E-state index in [0.29, 0.717) is 25.4 Å². The van der Waals surface area contributed by atoms with Crippen LogP contribution in [0, 0.1) is 5.82 Å². The highest BCUT2D eigenvalue weighted by Gasteiger charge is 2.11. The van der Waals surface area contributed by atoms with Crippen LogP contribution in [-0.2, 0) is 4.74 Å². The number of ether oxygens (including phenoxy) is 1. The van der Waals surface area contributed by atoms with Gasteiger partial charge in [-0.3, -0.25) is 0 Å². The molecule has 0 heterocycles. The molecule has 102 valence electrons. The molecule has 0 aromatic heterocycles. The zero-order chi connectivity index (χ0) is 13.5. The van der Waals surface area contributed by atoms with E-state index in [9.17, 15) is 4.39 Å². The maximum Gasteiger partial charge on any atom is 0.146 e. The lowest BCUT2D eigenvalue weighted by Gasteiger charge is -2.24. The lowest BCUT2D eigenvalue weighted by molar-refractivity contribution is 0.154. The average molecular weight is 254 g/mol. The summed E-state index contributed by atoms with van der Waals surface area (Å²) in [6, 6.07) is 5.05. The maximum absolute atomic E-state index is 14.0. The fourth-order valence-corrected chi connectivity index (χ4v) is 1.83. The molecule has 18 heavy (non-hydrogen) atoms. The van der Waals surface area contributed by atoms with E-state index in [1.54, 1.807) is 6.07 Å². The number of likely N-dealkylation sites (N-methyl/N-ethyl adjacent to an activating group) is 1. The number of halogens is 1. The lowest BCUT2D eigenvalue weighted by atomic mass is 10.1. The second-order valence-corrected chi connectivity index (χ2v) is 4.28. The van der Waals surface area contributed by atoms with E-state index < -0.39 is 0 Å². The number of nitrogens with zero attached hydrogens (tertiary/aromatic N) is 1. The minimum Gasteiger partial charge on any atom is -0.380 e. The Morgan fingerprint density at radius 1 is 1.39 bits per heavy atom. The zero-order valence-corrected chi connectivity index (χ0v) is 11.4. The van der Waals surface area contributed by atoms with E-state index in [-0.39, 0.29) is 11.9 Å². The molecule has 2 N–H and O–H groups in total. The van der Waals surface area contributed by atoms with Gasteiger partial charge in [0.15, 0.2) is 0 Å². The summed E-state index contributed by atoms with van der Waals surface area (Å²) in [6.45, 7) is 8.54. The van der Waals surface area contributed by atoms with Crippen LogP contribution in [0.4, 0.5) is 10.1 Å². The summed E-state index contributed by atoms with van der Waals surface area (Å²) < 4.78 is 19.3. The summed E-state index contributed by atoms with van der Waals surface area (Å²) in [4.78, 5) is 1.97. The Morgan fingerprint density at radius 2 is 2.11 bits per heavy atom. The van der Waals surface area contributed by atoms with Crippen LogP contribution in [-0.4, -0.2) is 26.3 Å². The minimum absolute atomic E-state index is 0.146. The van der Waals surface area contributed by atoms with Crippen LogP contribution in [0.25, 0.3) is 0 Å². The third-order valence-electron chi connectivity index (χ3n) is 2.93. The smallest absolute Gasteiger partial charge is 0.146 e. The highest BCUT2D eigenvalue weighted by atomic mass is 19.1. The van der Waals surface area contributed by atoms with Gasteiger partial charge in [0.05, 0.1) is 12.3 Å². The van der Waals surface area contributed by atoms with Crippen LogP contribution in [0.1, 0.15) is 32.4 Å². The first-order chi connectivity index (χ1) is 8.60. The van der Waals surface area contributed by atoms with Crippen molar-refractivity contribution in [1.29, 1.82) is 0 Å². The molecule has 0 aliphatic carbocycles. The summed E-state index contributed by atoms with van der Waals surface area (Å²) in [7, 11) is 0. The Morgan fingerprint density at radius 3 is 2.61 bits per heavy atom. The van der Waals surface area contributed by atoms with Crippen molar-refractivity contribution >= 4 is 5.69 Å². The third-order valence-corrected chi connectivity index (χ3v) is 2.93. The van der Waals surface area contributed by atoms with E-state index in [0.717, 1.165) is 12.1 Å². The molecule has 1 aromatic rings. The van der Waals surface area contributed by atoms with Crippen molar-refractivity contribution in [1.82, 2.24) is 0 Å². The van der Waals surface area contributed by atoms with Crippen LogP contribution < -0.4 is 10.6 Å². The van der Waals surface area contributed by atoms with Crippen LogP contribution in [0.15, 0.2) is 18.2 Å². The van der Waals surface area contributed by atoms with Crippen LogP contribution in [0.3, 0.4) is 0 Å². The van der Waals surface area contributed by atoms with Crippen molar-refractivity contribution in [2.75, 3.05) is 31.2 Å². The Kier molecular flexibility index (Phi) is 6.09. The predicted octanol–water partition coefficient (Wildman–Crippen LogP) is 2.71. The summed E-state index contributed by atoms with van der Waals surface area (Å²) in [5, 5.41) is 0. The number of anilines is 1. The van der Waals surface area contributed by atoms with Crippen molar-refractivity contribution in [3.8, 4) is 0 Å². The second-order valence-electron chi connectivity index (χ2n) is 4.28. The van der Waals surface area contributed by atoms with Gasteiger partial charge >= 0.3 is 0 Å². The van der Waals surface area contributed by atoms with Gasteiger partial charge in [-0.25, -0.2) is 4.39 Å². The van der Waals surface area contributed by atoms with E-state index in [2.05, 4.69) is 0 Å². The maximum atomic E-state index is 14.0. The molecule has 0 fully saturated rings. The van der Waals surface area contributed by atoms with Gasteiger partial charge in [-0.2, -0.15) is 0 Å². The second kappa shape index (κ2) is 7.34. The van der Waals surface area contributed by atoms with Crippen LogP contribution in [0.2, 0.25) is 0 Å². The fourth-order valence-electron chi connectivity index (χ4n) is 1.83. The number of hydrogen-bond acceptors (Lipinski definition) is 3.